The summed E-state index contributed by atoms with van der Waals surface area (Å²) in [5, 5.41) is 5.51. The summed E-state index contributed by atoms with van der Waals surface area (Å²) in [6.07, 6.45) is 1.17. The molecule has 0 unspecified atom stereocenters. The van der Waals surface area contributed by atoms with E-state index in [0.29, 0.717) is 5.69 Å². The second-order valence-corrected chi connectivity index (χ2v) is 5.09. The molecule has 0 aliphatic rings. The maximum atomic E-state index is 12.7. The van der Waals surface area contributed by atoms with Crippen LogP contribution in [0.4, 0.5) is 10.1 Å². The second-order valence-electron chi connectivity index (χ2n) is 3.23. The number of halogens is 1. The van der Waals surface area contributed by atoms with Gasteiger partial charge in [-0.05, 0) is 24.3 Å². The number of anilines is 1. The Morgan fingerprint density at radius 2 is 1.94 bits per heavy atom. The van der Waals surface area contributed by atoms with Gasteiger partial charge < -0.3 is 0 Å². The van der Waals surface area contributed by atoms with E-state index in [-0.39, 0.29) is 5.16 Å². The molecule has 2 aromatic rings. The molecule has 0 saturated carbocycles. The van der Waals surface area contributed by atoms with E-state index in [0.717, 1.165) is 4.31 Å². The lowest BCUT2D eigenvalue weighted by Gasteiger charge is -2.16. The van der Waals surface area contributed by atoms with Gasteiger partial charge in [-0.3, -0.25) is 9.40 Å². The molecular weight excluding hydrogens is 247 g/mol. The van der Waals surface area contributed by atoms with Crippen LogP contribution in [0, 0.1) is 5.82 Å². The van der Waals surface area contributed by atoms with Crippen LogP contribution in [-0.2, 0) is 10.0 Å². The van der Waals surface area contributed by atoms with Gasteiger partial charge in [0.15, 0.2) is 0 Å². The number of benzene rings is 1. The molecule has 1 aromatic heterocycles. The minimum absolute atomic E-state index is 0.329. The summed E-state index contributed by atoms with van der Waals surface area (Å²) in [6, 6.07) is 5.08. The SMILES string of the molecule is CN(c1ccc(F)cc1)S(=O)(=O)c1nc[nH]n1. The van der Waals surface area contributed by atoms with Crippen LogP contribution >= 0.6 is 0 Å². The number of nitrogens with one attached hydrogen (secondary N) is 1. The molecule has 1 N–H and O–H groups in total. The number of aromatic amines is 1. The summed E-state index contributed by atoms with van der Waals surface area (Å²) in [5.41, 5.74) is 0.330. The van der Waals surface area contributed by atoms with Gasteiger partial charge in [0.05, 0.1) is 5.69 Å². The lowest BCUT2D eigenvalue weighted by atomic mass is 10.3. The van der Waals surface area contributed by atoms with Gasteiger partial charge in [-0.15, -0.1) is 5.10 Å². The third-order valence-corrected chi connectivity index (χ3v) is 3.76. The number of aromatic nitrogens is 3. The van der Waals surface area contributed by atoms with Crippen LogP contribution in [0.2, 0.25) is 0 Å². The van der Waals surface area contributed by atoms with Crippen LogP contribution in [0.1, 0.15) is 0 Å². The Hall–Kier alpha value is -1.96. The highest BCUT2D eigenvalue weighted by molar-refractivity contribution is 7.92. The summed E-state index contributed by atoms with van der Waals surface area (Å²) < 4.78 is 37.6. The van der Waals surface area contributed by atoms with Crippen LogP contribution in [0.25, 0.3) is 0 Å². The van der Waals surface area contributed by atoms with Crippen molar-refractivity contribution in [2.45, 2.75) is 5.16 Å². The zero-order valence-electron chi connectivity index (χ0n) is 8.83. The van der Waals surface area contributed by atoms with Crippen molar-refractivity contribution in [2.24, 2.45) is 0 Å². The summed E-state index contributed by atoms with van der Waals surface area (Å²) in [7, 11) is -2.46. The first-order valence-electron chi connectivity index (χ1n) is 4.62. The van der Waals surface area contributed by atoms with E-state index in [9.17, 15) is 12.8 Å². The van der Waals surface area contributed by atoms with Gasteiger partial charge in [0, 0.05) is 7.05 Å². The molecule has 1 aromatic carbocycles. The Kier molecular flexibility index (Phi) is 2.80. The van der Waals surface area contributed by atoms with E-state index >= 15 is 0 Å². The largest absolute Gasteiger partial charge is 0.301 e. The van der Waals surface area contributed by atoms with Crippen molar-refractivity contribution in [3.05, 3.63) is 36.4 Å². The zero-order chi connectivity index (χ0) is 12.5. The highest BCUT2D eigenvalue weighted by atomic mass is 32.2. The second kappa shape index (κ2) is 4.13. The first-order valence-corrected chi connectivity index (χ1v) is 6.06. The number of H-pyrrole nitrogens is 1. The zero-order valence-corrected chi connectivity index (χ0v) is 9.65. The van der Waals surface area contributed by atoms with Gasteiger partial charge in [-0.1, -0.05) is 0 Å². The molecule has 0 fully saturated rings. The minimum Gasteiger partial charge on any atom is -0.267 e. The predicted octanol–water partition coefficient (Wildman–Crippen LogP) is 0.769. The molecule has 2 rings (SSSR count). The van der Waals surface area contributed by atoms with E-state index in [1.54, 1.807) is 0 Å². The van der Waals surface area contributed by atoms with Crippen molar-refractivity contribution in [1.29, 1.82) is 0 Å². The topological polar surface area (TPSA) is 79.0 Å². The lowest BCUT2D eigenvalue weighted by Crippen LogP contribution is -2.27. The summed E-state index contributed by atoms with van der Waals surface area (Å²) >= 11 is 0. The standard InChI is InChI=1S/C9H9FN4O2S/c1-14(8-4-2-7(10)3-5-8)17(15,16)9-11-6-12-13-9/h2-6H,1H3,(H,11,12,13). The smallest absolute Gasteiger partial charge is 0.267 e. The van der Waals surface area contributed by atoms with E-state index in [4.69, 9.17) is 0 Å². The first kappa shape index (κ1) is 11.5. The molecule has 1 heterocycles. The van der Waals surface area contributed by atoms with Crippen molar-refractivity contribution in [3.8, 4) is 0 Å². The summed E-state index contributed by atoms with van der Waals surface area (Å²) in [6.45, 7) is 0. The lowest BCUT2D eigenvalue weighted by molar-refractivity contribution is 0.585. The molecule has 0 bridgehead atoms. The average Bonchev–Trinajstić information content (AvgIpc) is 2.83. The fourth-order valence-corrected chi connectivity index (χ4v) is 2.23. The van der Waals surface area contributed by atoms with Crippen LogP contribution < -0.4 is 4.31 Å². The normalized spacial score (nSPS) is 11.4. The quantitative estimate of drug-likeness (QED) is 0.879. The highest BCUT2D eigenvalue weighted by Gasteiger charge is 2.24. The predicted molar refractivity (Wildman–Crippen MR) is 58.4 cm³/mol. The maximum absolute atomic E-state index is 12.7. The fraction of sp³-hybridized carbons (Fsp3) is 0.111. The molecule has 0 radical (unpaired) electrons. The molecule has 0 saturated heterocycles. The molecule has 6 nitrogen and oxygen atoms in total. The Balaban J connectivity index is 2.38. The molecule has 90 valence electrons. The van der Waals surface area contributed by atoms with E-state index in [2.05, 4.69) is 15.2 Å². The minimum atomic E-state index is -3.80. The van der Waals surface area contributed by atoms with Crippen molar-refractivity contribution in [1.82, 2.24) is 15.2 Å². The molecule has 17 heavy (non-hydrogen) atoms. The molecule has 0 aliphatic carbocycles. The van der Waals surface area contributed by atoms with Crippen molar-refractivity contribution in [2.75, 3.05) is 11.4 Å². The Bertz CT molecular complexity index is 594. The van der Waals surface area contributed by atoms with Crippen molar-refractivity contribution >= 4 is 15.7 Å². The summed E-state index contributed by atoms with van der Waals surface area (Å²) in [4.78, 5) is 3.58. The Morgan fingerprint density at radius 3 is 2.47 bits per heavy atom. The molecular formula is C9H9FN4O2S. The van der Waals surface area contributed by atoms with Crippen LogP contribution in [-0.4, -0.2) is 30.6 Å². The van der Waals surface area contributed by atoms with Crippen LogP contribution in [0.3, 0.4) is 0 Å². The molecule has 0 atom stereocenters. The third-order valence-electron chi connectivity index (χ3n) is 2.17. The van der Waals surface area contributed by atoms with Crippen molar-refractivity contribution in [3.63, 3.8) is 0 Å². The van der Waals surface area contributed by atoms with Gasteiger partial charge in [0.1, 0.15) is 12.1 Å². The first-order chi connectivity index (χ1) is 8.01. The Morgan fingerprint density at radius 1 is 1.29 bits per heavy atom. The number of sulfonamides is 1. The fourth-order valence-electron chi connectivity index (χ4n) is 1.23. The molecule has 0 aliphatic heterocycles. The number of rotatable bonds is 3. The van der Waals surface area contributed by atoms with Gasteiger partial charge in [-0.25, -0.2) is 9.37 Å². The number of hydrogen-bond acceptors (Lipinski definition) is 4. The number of hydrogen-bond donors (Lipinski definition) is 1. The summed E-state index contributed by atoms with van der Waals surface area (Å²) in [5.74, 6) is -0.433. The monoisotopic (exact) mass is 256 g/mol. The van der Waals surface area contributed by atoms with Crippen LogP contribution in [0.15, 0.2) is 35.7 Å². The van der Waals surface area contributed by atoms with Gasteiger partial charge in [0.2, 0.25) is 0 Å². The Labute approximate surface area is 97.2 Å². The van der Waals surface area contributed by atoms with Gasteiger partial charge in [-0.2, -0.15) is 8.42 Å². The molecule has 0 spiro atoms. The van der Waals surface area contributed by atoms with Gasteiger partial charge in [0.25, 0.3) is 5.16 Å². The van der Waals surface area contributed by atoms with E-state index < -0.39 is 15.8 Å². The van der Waals surface area contributed by atoms with E-state index in [1.165, 1.54) is 37.6 Å². The van der Waals surface area contributed by atoms with Crippen LogP contribution in [0.5, 0.6) is 0 Å². The van der Waals surface area contributed by atoms with E-state index in [1.807, 2.05) is 0 Å². The highest BCUT2D eigenvalue weighted by Crippen LogP contribution is 2.19. The number of nitrogens with zero attached hydrogens (tertiary/aromatic N) is 3. The average molecular weight is 256 g/mol. The molecule has 0 amide bonds. The maximum Gasteiger partial charge on any atom is 0.301 e. The van der Waals surface area contributed by atoms with Gasteiger partial charge >= 0.3 is 10.0 Å². The third kappa shape index (κ3) is 2.11. The van der Waals surface area contributed by atoms with Crippen molar-refractivity contribution < 1.29 is 12.8 Å². The molecule has 8 heteroatoms.